The molecule has 3 aromatic carbocycles. The summed E-state index contributed by atoms with van der Waals surface area (Å²) in [6.07, 6.45) is 3.71. The summed E-state index contributed by atoms with van der Waals surface area (Å²) in [5.41, 5.74) is 6.84. The Balaban J connectivity index is 1.37. The van der Waals surface area contributed by atoms with Gasteiger partial charge in [-0.3, -0.25) is 4.40 Å². The number of ether oxygens (including phenoxy) is 3. The smallest absolute Gasteiger partial charge is 0.227 e. The molecule has 0 atom stereocenters. The van der Waals surface area contributed by atoms with Gasteiger partial charge in [-0.1, -0.05) is 36.4 Å². The molecule has 43 heavy (non-hydrogen) atoms. The first-order valence-corrected chi connectivity index (χ1v) is 13.8. The molecule has 0 spiro atoms. The van der Waals surface area contributed by atoms with Crippen molar-refractivity contribution in [1.29, 1.82) is 0 Å². The summed E-state index contributed by atoms with van der Waals surface area (Å²) in [6, 6.07) is 29.6. The molecule has 0 unspecified atom stereocenters. The number of benzene rings is 3. The topological polar surface area (TPSA) is 86.0 Å². The largest absolute Gasteiger partial charge is 0.494 e. The Hall–Kier alpha value is -5.57. The molecule has 0 saturated heterocycles. The van der Waals surface area contributed by atoms with Crippen LogP contribution in [0.25, 0.3) is 28.3 Å². The zero-order chi connectivity index (χ0) is 29.8. The summed E-state index contributed by atoms with van der Waals surface area (Å²) < 4.78 is 19.5. The van der Waals surface area contributed by atoms with Crippen molar-refractivity contribution in [3.8, 4) is 39.9 Å². The second-order valence-corrected chi connectivity index (χ2v) is 10.0. The molecular weight excluding hydrogens is 540 g/mol. The first kappa shape index (κ1) is 27.6. The molecule has 3 aromatic heterocycles. The van der Waals surface area contributed by atoms with E-state index in [1.165, 1.54) is 0 Å². The van der Waals surface area contributed by atoms with Gasteiger partial charge in [-0.15, -0.1) is 0 Å². The molecule has 6 aromatic rings. The number of nitrogens with one attached hydrogen (secondary N) is 1. The Bertz CT molecular complexity index is 1870. The van der Waals surface area contributed by atoms with Gasteiger partial charge in [-0.05, 0) is 54.1 Å². The first-order valence-electron chi connectivity index (χ1n) is 13.8. The van der Waals surface area contributed by atoms with Gasteiger partial charge in [0.2, 0.25) is 5.95 Å². The number of methoxy groups -OCH3 is 2. The normalized spacial score (nSPS) is 10.9. The molecular formula is C34H32N6O3. The highest BCUT2D eigenvalue weighted by Gasteiger charge is 2.20. The van der Waals surface area contributed by atoms with E-state index in [0.29, 0.717) is 35.5 Å². The highest BCUT2D eigenvalue weighted by Crippen LogP contribution is 2.38. The van der Waals surface area contributed by atoms with Gasteiger partial charge in [-0.25, -0.2) is 15.0 Å². The zero-order valence-corrected chi connectivity index (χ0v) is 24.5. The van der Waals surface area contributed by atoms with E-state index in [1.54, 1.807) is 20.4 Å². The molecule has 1 N–H and O–H groups in total. The molecule has 9 heteroatoms. The average Bonchev–Trinajstić information content (AvgIpc) is 3.44. The summed E-state index contributed by atoms with van der Waals surface area (Å²) >= 11 is 0. The van der Waals surface area contributed by atoms with Crippen molar-refractivity contribution in [2.24, 2.45) is 0 Å². The lowest BCUT2D eigenvalue weighted by molar-refractivity contribution is 0.284. The lowest BCUT2D eigenvalue weighted by atomic mass is 10.1. The third-order valence-corrected chi connectivity index (χ3v) is 7.05. The van der Waals surface area contributed by atoms with E-state index in [4.69, 9.17) is 24.2 Å². The Morgan fingerprint density at radius 2 is 1.60 bits per heavy atom. The summed E-state index contributed by atoms with van der Waals surface area (Å²) in [6.45, 7) is 0.440. The number of hydrogen-bond donors (Lipinski definition) is 1. The molecule has 3 heterocycles. The van der Waals surface area contributed by atoms with Crippen LogP contribution in [0.3, 0.4) is 0 Å². The number of imidazole rings is 1. The van der Waals surface area contributed by atoms with Gasteiger partial charge in [0.15, 0.2) is 11.5 Å². The van der Waals surface area contributed by atoms with Gasteiger partial charge in [0, 0.05) is 43.8 Å². The highest BCUT2D eigenvalue weighted by atomic mass is 16.5. The van der Waals surface area contributed by atoms with Crippen LogP contribution in [0.4, 0.5) is 17.3 Å². The van der Waals surface area contributed by atoms with E-state index in [9.17, 15) is 0 Å². The van der Waals surface area contributed by atoms with Crippen LogP contribution in [0.5, 0.6) is 17.2 Å². The van der Waals surface area contributed by atoms with Crippen LogP contribution in [0.2, 0.25) is 0 Å². The van der Waals surface area contributed by atoms with Crippen molar-refractivity contribution in [2.75, 3.05) is 38.5 Å². The minimum absolute atomic E-state index is 0.437. The second-order valence-electron chi connectivity index (χ2n) is 10.0. The van der Waals surface area contributed by atoms with Crippen LogP contribution in [0, 0.1) is 0 Å². The molecule has 0 fully saturated rings. The van der Waals surface area contributed by atoms with Crippen LogP contribution in [-0.4, -0.2) is 47.7 Å². The Labute approximate surface area is 250 Å². The summed E-state index contributed by atoms with van der Waals surface area (Å²) in [7, 11) is 7.26. The molecule has 6 rings (SSSR count). The first-order chi connectivity index (χ1) is 21.0. The standard InChI is InChI=1S/C34H32N6O3/c1-39(2)25-14-15-26(29(21-25)41-3)36-34-35-18-17-27(37-34)33-32(38-31-12-8-9-19-40(31)33)24-13-16-28(30(20-24)42-4)43-22-23-10-6-5-7-11-23/h5-21H,22H2,1-4H3,(H,35,36,37). The number of anilines is 3. The number of aromatic nitrogens is 4. The van der Waals surface area contributed by atoms with Crippen molar-refractivity contribution >= 4 is 23.0 Å². The van der Waals surface area contributed by atoms with E-state index in [2.05, 4.69) is 10.3 Å². The number of hydrogen-bond acceptors (Lipinski definition) is 8. The van der Waals surface area contributed by atoms with E-state index < -0.39 is 0 Å². The summed E-state index contributed by atoms with van der Waals surface area (Å²) in [4.78, 5) is 16.4. The Kier molecular flexibility index (Phi) is 7.78. The number of fused-ring (bicyclic) bond motifs is 1. The van der Waals surface area contributed by atoms with Crippen molar-refractivity contribution in [3.63, 3.8) is 0 Å². The molecule has 0 saturated carbocycles. The molecule has 216 valence electrons. The van der Waals surface area contributed by atoms with Gasteiger partial charge in [0.05, 0.1) is 37.0 Å². The maximum atomic E-state index is 6.10. The highest BCUT2D eigenvalue weighted by molar-refractivity contribution is 5.82. The molecule has 0 aliphatic rings. The number of pyridine rings is 1. The molecule has 0 aliphatic heterocycles. The van der Waals surface area contributed by atoms with Crippen molar-refractivity contribution < 1.29 is 14.2 Å². The van der Waals surface area contributed by atoms with Crippen molar-refractivity contribution in [3.05, 3.63) is 109 Å². The maximum absolute atomic E-state index is 6.10. The van der Waals surface area contributed by atoms with Gasteiger partial charge in [-0.2, -0.15) is 0 Å². The third kappa shape index (κ3) is 5.78. The molecule has 0 radical (unpaired) electrons. The lowest BCUT2D eigenvalue weighted by Crippen LogP contribution is -2.09. The van der Waals surface area contributed by atoms with Gasteiger partial charge < -0.3 is 24.4 Å². The van der Waals surface area contributed by atoms with E-state index in [1.807, 2.05) is 121 Å². The van der Waals surface area contributed by atoms with Crippen LogP contribution in [0.15, 0.2) is 103 Å². The fourth-order valence-corrected chi connectivity index (χ4v) is 4.84. The van der Waals surface area contributed by atoms with Crippen LogP contribution in [-0.2, 0) is 6.61 Å². The van der Waals surface area contributed by atoms with Crippen molar-refractivity contribution in [2.45, 2.75) is 6.61 Å². The van der Waals surface area contributed by atoms with E-state index >= 15 is 0 Å². The quantitative estimate of drug-likeness (QED) is 0.190. The molecule has 9 nitrogen and oxygen atoms in total. The van der Waals surface area contributed by atoms with Crippen LogP contribution in [0.1, 0.15) is 5.56 Å². The second kappa shape index (κ2) is 12.1. The predicted molar refractivity (Wildman–Crippen MR) is 170 cm³/mol. The summed E-state index contributed by atoms with van der Waals surface area (Å²) in [5.74, 6) is 2.41. The summed E-state index contributed by atoms with van der Waals surface area (Å²) in [5, 5.41) is 3.32. The maximum Gasteiger partial charge on any atom is 0.227 e. The average molecular weight is 573 g/mol. The predicted octanol–water partition coefficient (Wildman–Crippen LogP) is 6.86. The molecule has 0 bridgehead atoms. The van der Waals surface area contributed by atoms with Gasteiger partial charge in [0.1, 0.15) is 18.0 Å². The minimum atomic E-state index is 0.437. The number of rotatable bonds is 10. The monoisotopic (exact) mass is 572 g/mol. The molecule has 0 aliphatic carbocycles. The lowest BCUT2D eigenvalue weighted by Gasteiger charge is -2.16. The SMILES string of the molecule is COc1cc(N(C)C)ccc1Nc1nccc(-c2c(-c3ccc(OCc4ccccc4)c(OC)c3)nc3ccccn23)n1. The van der Waals surface area contributed by atoms with Gasteiger partial charge in [0.25, 0.3) is 0 Å². The van der Waals surface area contributed by atoms with Crippen LogP contribution >= 0.6 is 0 Å². The zero-order valence-electron chi connectivity index (χ0n) is 24.5. The van der Waals surface area contributed by atoms with Gasteiger partial charge >= 0.3 is 0 Å². The minimum Gasteiger partial charge on any atom is -0.494 e. The fraction of sp³-hybridized carbons (Fsp3) is 0.147. The Morgan fingerprint density at radius 3 is 2.40 bits per heavy atom. The van der Waals surface area contributed by atoms with Crippen LogP contribution < -0.4 is 24.4 Å². The van der Waals surface area contributed by atoms with E-state index in [0.717, 1.165) is 39.5 Å². The fourth-order valence-electron chi connectivity index (χ4n) is 4.84. The molecule has 0 amide bonds. The van der Waals surface area contributed by atoms with Crippen molar-refractivity contribution in [1.82, 2.24) is 19.4 Å². The number of nitrogens with zero attached hydrogens (tertiary/aromatic N) is 5. The third-order valence-electron chi connectivity index (χ3n) is 7.05. The van der Waals surface area contributed by atoms with E-state index in [-0.39, 0.29) is 0 Å². The Morgan fingerprint density at radius 1 is 0.791 bits per heavy atom.